The summed E-state index contributed by atoms with van der Waals surface area (Å²) in [6.45, 7) is 9.41. The molecule has 0 aliphatic carbocycles. The molecule has 1 aliphatic heterocycles. The maximum atomic E-state index is 12.4. The van der Waals surface area contributed by atoms with Gasteiger partial charge in [-0.05, 0) is 62.9 Å². The third kappa shape index (κ3) is 3.60. The average molecular weight is 274 g/mol. The summed E-state index contributed by atoms with van der Waals surface area (Å²) >= 11 is 0. The molecule has 1 aliphatic rings. The SMILES string of the molecule is CC(C)CCNC(C)C(=O)c1ccc2c(c1)CC(C)N2. The Balaban J connectivity index is 1.97. The summed E-state index contributed by atoms with van der Waals surface area (Å²) in [6.07, 6.45) is 2.11. The van der Waals surface area contributed by atoms with Gasteiger partial charge >= 0.3 is 0 Å². The third-order valence-corrected chi connectivity index (χ3v) is 3.88. The van der Waals surface area contributed by atoms with E-state index in [0.717, 1.165) is 24.9 Å². The second-order valence-electron chi connectivity index (χ2n) is 6.34. The molecule has 0 spiro atoms. The van der Waals surface area contributed by atoms with E-state index >= 15 is 0 Å². The molecular weight excluding hydrogens is 248 g/mol. The van der Waals surface area contributed by atoms with Crippen LogP contribution in [0.15, 0.2) is 18.2 Å². The minimum absolute atomic E-state index is 0.112. The molecule has 0 saturated heterocycles. The summed E-state index contributed by atoms with van der Waals surface area (Å²) in [7, 11) is 0. The zero-order valence-electron chi connectivity index (χ0n) is 13.0. The number of nitrogens with one attached hydrogen (secondary N) is 2. The fourth-order valence-electron chi connectivity index (χ4n) is 2.63. The molecule has 3 nitrogen and oxygen atoms in total. The van der Waals surface area contributed by atoms with Crippen LogP contribution in [-0.4, -0.2) is 24.4 Å². The zero-order chi connectivity index (χ0) is 14.7. The number of carbonyl (C=O) groups excluding carboxylic acids is 1. The summed E-state index contributed by atoms with van der Waals surface area (Å²) in [5.41, 5.74) is 3.26. The highest BCUT2D eigenvalue weighted by molar-refractivity contribution is 6.00. The van der Waals surface area contributed by atoms with Crippen LogP contribution in [-0.2, 0) is 6.42 Å². The molecule has 2 rings (SSSR count). The van der Waals surface area contributed by atoms with E-state index < -0.39 is 0 Å². The van der Waals surface area contributed by atoms with Crippen molar-refractivity contribution in [2.75, 3.05) is 11.9 Å². The lowest BCUT2D eigenvalue weighted by Crippen LogP contribution is -2.35. The molecule has 3 heteroatoms. The fraction of sp³-hybridized carbons (Fsp3) is 0.588. The number of Topliss-reactive ketones (excluding diaryl/α,β-unsaturated/α-hetero) is 1. The molecule has 1 heterocycles. The van der Waals surface area contributed by atoms with Crippen LogP contribution in [0.1, 0.15) is 50.0 Å². The maximum Gasteiger partial charge on any atom is 0.179 e. The molecule has 2 N–H and O–H groups in total. The van der Waals surface area contributed by atoms with Crippen LogP contribution in [0.4, 0.5) is 5.69 Å². The van der Waals surface area contributed by atoms with Crippen molar-refractivity contribution in [3.63, 3.8) is 0 Å². The Labute approximate surface area is 122 Å². The van der Waals surface area contributed by atoms with Crippen molar-refractivity contribution in [3.05, 3.63) is 29.3 Å². The third-order valence-electron chi connectivity index (χ3n) is 3.88. The van der Waals surface area contributed by atoms with Gasteiger partial charge in [-0.2, -0.15) is 0 Å². The molecule has 110 valence electrons. The van der Waals surface area contributed by atoms with E-state index in [9.17, 15) is 4.79 Å². The molecule has 0 radical (unpaired) electrons. The van der Waals surface area contributed by atoms with E-state index in [1.807, 2.05) is 19.1 Å². The molecule has 0 fully saturated rings. The van der Waals surface area contributed by atoms with Gasteiger partial charge in [0.25, 0.3) is 0 Å². The molecule has 20 heavy (non-hydrogen) atoms. The lowest BCUT2D eigenvalue weighted by molar-refractivity contribution is 0.0950. The molecule has 0 amide bonds. The van der Waals surface area contributed by atoms with Gasteiger partial charge < -0.3 is 10.6 Å². The van der Waals surface area contributed by atoms with Gasteiger partial charge in [-0.3, -0.25) is 4.79 Å². The van der Waals surface area contributed by atoms with E-state index in [1.165, 1.54) is 11.3 Å². The first-order valence-electron chi connectivity index (χ1n) is 7.64. The summed E-state index contributed by atoms with van der Waals surface area (Å²) in [4.78, 5) is 12.4. The van der Waals surface area contributed by atoms with Gasteiger partial charge in [0.05, 0.1) is 6.04 Å². The zero-order valence-corrected chi connectivity index (χ0v) is 13.0. The van der Waals surface area contributed by atoms with E-state index in [1.54, 1.807) is 0 Å². The Hall–Kier alpha value is -1.35. The molecular formula is C17H26N2O. The maximum absolute atomic E-state index is 12.4. The Morgan fingerprint density at radius 1 is 1.40 bits per heavy atom. The second-order valence-corrected chi connectivity index (χ2v) is 6.34. The van der Waals surface area contributed by atoms with E-state index in [4.69, 9.17) is 0 Å². The number of fused-ring (bicyclic) bond motifs is 1. The predicted molar refractivity (Wildman–Crippen MR) is 84.5 cm³/mol. The van der Waals surface area contributed by atoms with Crippen molar-refractivity contribution < 1.29 is 4.79 Å². The van der Waals surface area contributed by atoms with Crippen molar-refractivity contribution in [2.45, 2.75) is 52.6 Å². The number of ketones is 1. The fourth-order valence-corrected chi connectivity index (χ4v) is 2.63. The number of anilines is 1. The molecule has 1 aromatic rings. The largest absolute Gasteiger partial charge is 0.382 e. The quantitative estimate of drug-likeness (QED) is 0.782. The molecule has 2 atom stereocenters. The van der Waals surface area contributed by atoms with Crippen LogP contribution < -0.4 is 10.6 Å². The molecule has 2 unspecified atom stereocenters. The minimum atomic E-state index is -0.112. The molecule has 0 saturated carbocycles. The first-order valence-corrected chi connectivity index (χ1v) is 7.64. The first kappa shape index (κ1) is 15.0. The van der Waals surface area contributed by atoms with Gasteiger partial charge in [-0.15, -0.1) is 0 Å². The van der Waals surface area contributed by atoms with E-state index in [0.29, 0.717) is 12.0 Å². The van der Waals surface area contributed by atoms with Crippen LogP contribution in [0.3, 0.4) is 0 Å². The lowest BCUT2D eigenvalue weighted by atomic mass is 10.0. The highest BCUT2D eigenvalue weighted by Gasteiger charge is 2.20. The van der Waals surface area contributed by atoms with E-state index in [2.05, 4.69) is 37.5 Å². The standard InChI is InChI=1S/C17H26N2O/c1-11(2)7-8-18-13(4)17(20)14-5-6-16-15(10-14)9-12(3)19-16/h5-6,10-13,18-19H,7-9H2,1-4H3. The summed E-state index contributed by atoms with van der Waals surface area (Å²) in [6, 6.07) is 6.38. The highest BCUT2D eigenvalue weighted by Crippen LogP contribution is 2.26. The van der Waals surface area contributed by atoms with Crippen molar-refractivity contribution in [2.24, 2.45) is 5.92 Å². The second kappa shape index (κ2) is 6.40. The highest BCUT2D eigenvalue weighted by atomic mass is 16.1. The van der Waals surface area contributed by atoms with Gasteiger partial charge in [0.15, 0.2) is 5.78 Å². The lowest BCUT2D eigenvalue weighted by Gasteiger charge is -2.14. The Morgan fingerprint density at radius 3 is 2.85 bits per heavy atom. The van der Waals surface area contributed by atoms with Crippen molar-refractivity contribution in [3.8, 4) is 0 Å². The molecule has 0 aromatic heterocycles. The number of carbonyl (C=O) groups is 1. The van der Waals surface area contributed by atoms with Gasteiger partial charge in [0, 0.05) is 17.3 Å². The van der Waals surface area contributed by atoms with Crippen LogP contribution in [0.2, 0.25) is 0 Å². The van der Waals surface area contributed by atoms with Crippen LogP contribution >= 0.6 is 0 Å². The van der Waals surface area contributed by atoms with Crippen molar-refractivity contribution in [1.82, 2.24) is 5.32 Å². The van der Waals surface area contributed by atoms with E-state index in [-0.39, 0.29) is 11.8 Å². The Bertz CT molecular complexity index is 482. The van der Waals surface area contributed by atoms with Crippen LogP contribution in [0, 0.1) is 5.92 Å². The first-order chi connectivity index (χ1) is 9.47. The van der Waals surface area contributed by atoms with Gasteiger partial charge in [0.1, 0.15) is 0 Å². The summed E-state index contributed by atoms with van der Waals surface area (Å²) < 4.78 is 0. The minimum Gasteiger partial charge on any atom is -0.382 e. The average Bonchev–Trinajstić information content (AvgIpc) is 2.76. The molecule has 1 aromatic carbocycles. The molecule has 0 bridgehead atoms. The van der Waals surface area contributed by atoms with Gasteiger partial charge in [-0.1, -0.05) is 13.8 Å². The van der Waals surface area contributed by atoms with Gasteiger partial charge in [0.2, 0.25) is 0 Å². The smallest absolute Gasteiger partial charge is 0.179 e. The predicted octanol–water partition coefficient (Wildman–Crippen LogP) is 3.25. The van der Waals surface area contributed by atoms with Gasteiger partial charge in [-0.25, -0.2) is 0 Å². The Morgan fingerprint density at radius 2 is 2.15 bits per heavy atom. The van der Waals surface area contributed by atoms with Crippen molar-refractivity contribution >= 4 is 11.5 Å². The number of hydrogen-bond acceptors (Lipinski definition) is 3. The van der Waals surface area contributed by atoms with Crippen LogP contribution in [0.25, 0.3) is 0 Å². The number of hydrogen-bond donors (Lipinski definition) is 2. The van der Waals surface area contributed by atoms with Crippen molar-refractivity contribution in [1.29, 1.82) is 0 Å². The van der Waals surface area contributed by atoms with Crippen LogP contribution in [0.5, 0.6) is 0 Å². The number of rotatable bonds is 6. The number of benzene rings is 1. The monoisotopic (exact) mass is 274 g/mol. The topological polar surface area (TPSA) is 41.1 Å². The normalized spacial score (nSPS) is 18.8. The summed E-state index contributed by atoms with van der Waals surface area (Å²) in [5, 5.41) is 6.74. The Kier molecular flexibility index (Phi) is 4.81. The summed E-state index contributed by atoms with van der Waals surface area (Å²) in [5.74, 6) is 0.855.